The van der Waals surface area contributed by atoms with Gasteiger partial charge in [-0.1, -0.05) is 23.2 Å². The van der Waals surface area contributed by atoms with E-state index in [9.17, 15) is 4.79 Å². The highest BCUT2D eigenvalue weighted by Gasteiger charge is 2.13. The van der Waals surface area contributed by atoms with Gasteiger partial charge in [-0.15, -0.1) is 0 Å². The Labute approximate surface area is 139 Å². The van der Waals surface area contributed by atoms with Crippen LogP contribution in [0, 0.1) is 0 Å². The number of nitrogens with zero attached hydrogens (tertiary/aromatic N) is 2. The highest BCUT2D eigenvalue weighted by atomic mass is 35.5. The number of halogens is 2. The lowest BCUT2D eigenvalue weighted by Crippen LogP contribution is -2.27. The molecule has 118 valence electrons. The van der Waals surface area contributed by atoms with E-state index in [1.165, 1.54) is 6.26 Å². The normalized spacial score (nSPS) is 11.0. The number of nitrogens with one attached hydrogen (secondary N) is 1. The lowest BCUT2D eigenvalue weighted by molar-refractivity contribution is 0.0947. The average molecular weight is 342 g/mol. The van der Waals surface area contributed by atoms with Gasteiger partial charge in [-0.05, 0) is 45.3 Å². The van der Waals surface area contributed by atoms with Crippen molar-refractivity contribution in [2.75, 3.05) is 27.2 Å². The van der Waals surface area contributed by atoms with Gasteiger partial charge in [-0.3, -0.25) is 4.79 Å². The van der Waals surface area contributed by atoms with Crippen LogP contribution in [0.2, 0.25) is 10.0 Å². The van der Waals surface area contributed by atoms with Crippen molar-refractivity contribution in [2.24, 2.45) is 0 Å². The van der Waals surface area contributed by atoms with Gasteiger partial charge in [0.2, 0.25) is 5.89 Å². The van der Waals surface area contributed by atoms with Gasteiger partial charge in [-0.25, -0.2) is 4.98 Å². The number of hydrogen-bond acceptors (Lipinski definition) is 4. The van der Waals surface area contributed by atoms with Crippen molar-refractivity contribution in [3.05, 3.63) is 40.2 Å². The van der Waals surface area contributed by atoms with E-state index in [-0.39, 0.29) is 11.6 Å². The first kappa shape index (κ1) is 16.8. The number of rotatable bonds is 6. The molecule has 22 heavy (non-hydrogen) atoms. The molecule has 0 fully saturated rings. The summed E-state index contributed by atoms with van der Waals surface area (Å²) in [5.41, 5.74) is 0.909. The van der Waals surface area contributed by atoms with Crippen LogP contribution in [-0.2, 0) is 0 Å². The summed E-state index contributed by atoms with van der Waals surface area (Å²) in [6.07, 6.45) is 2.20. The summed E-state index contributed by atoms with van der Waals surface area (Å²) in [6, 6.07) is 5.04. The molecule has 1 aromatic heterocycles. The quantitative estimate of drug-likeness (QED) is 0.818. The zero-order valence-electron chi connectivity index (χ0n) is 12.4. The monoisotopic (exact) mass is 341 g/mol. The van der Waals surface area contributed by atoms with E-state index in [4.69, 9.17) is 27.6 Å². The van der Waals surface area contributed by atoms with Gasteiger partial charge in [0.25, 0.3) is 5.91 Å². The molecule has 7 heteroatoms. The molecule has 1 amide bonds. The molecule has 0 saturated carbocycles. The number of carbonyl (C=O) groups excluding carboxylic acids is 1. The van der Waals surface area contributed by atoms with Crippen LogP contribution in [0.4, 0.5) is 0 Å². The fourth-order valence-corrected chi connectivity index (χ4v) is 2.13. The van der Waals surface area contributed by atoms with Crippen molar-refractivity contribution in [2.45, 2.75) is 6.42 Å². The summed E-state index contributed by atoms with van der Waals surface area (Å²) < 4.78 is 5.33. The standard InChI is InChI=1S/C15H17Cl2N3O2/c1-20(2)7-3-6-18-14(21)13-9-22-15(19-13)10-4-5-11(16)12(17)8-10/h4-5,8-9H,3,6-7H2,1-2H3,(H,18,21). The van der Waals surface area contributed by atoms with E-state index < -0.39 is 0 Å². The van der Waals surface area contributed by atoms with E-state index >= 15 is 0 Å². The van der Waals surface area contributed by atoms with Crippen LogP contribution in [-0.4, -0.2) is 43.0 Å². The Hall–Kier alpha value is -1.56. The number of hydrogen-bond donors (Lipinski definition) is 1. The summed E-state index contributed by atoms with van der Waals surface area (Å²) in [7, 11) is 3.98. The predicted molar refractivity (Wildman–Crippen MR) is 87.5 cm³/mol. The van der Waals surface area contributed by atoms with Gasteiger partial charge in [0.1, 0.15) is 6.26 Å². The topological polar surface area (TPSA) is 58.4 Å². The van der Waals surface area contributed by atoms with E-state index in [2.05, 4.69) is 15.2 Å². The summed E-state index contributed by atoms with van der Waals surface area (Å²) in [5.74, 6) is 0.0748. The van der Waals surface area contributed by atoms with Crippen LogP contribution in [0.25, 0.3) is 11.5 Å². The van der Waals surface area contributed by atoms with Crippen molar-refractivity contribution < 1.29 is 9.21 Å². The maximum absolute atomic E-state index is 12.0. The molecule has 0 bridgehead atoms. The summed E-state index contributed by atoms with van der Waals surface area (Å²) in [6.45, 7) is 1.50. The Morgan fingerprint density at radius 1 is 1.32 bits per heavy atom. The molecule has 0 unspecified atom stereocenters. The lowest BCUT2D eigenvalue weighted by atomic mass is 10.2. The third-order valence-corrected chi connectivity index (χ3v) is 3.71. The van der Waals surface area contributed by atoms with E-state index in [0.717, 1.165) is 13.0 Å². The van der Waals surface area contributed by atoms with Gasteiger partial charge >= 0.3 is 0 Å². The zero-order valence-corrected chi connectivity index (χ0v) is 13.9. The van der Waals surface area contributed by atoms with Gasteiger partial charge in [0, 0.05) is 12.1 Å². The largest absolute Gasteiger partial charge is 0.444 e. The first-order valence-electron chi connectivity index (χ1n) is 6.81. The molecule has 2 rings (SSSR count). The first-order chi connectivity index (χ1) is 10.5. The van der Waals surface area contributed by atoms with Crippen molar-refractivity contribution >= 4 is 29.1 Å². The van der Waals surface area contributed by atoms with Gasteiger partial charge in [0.15, 0.2) is 5.69 Å². The summed E-state index contributed by atoms with van der Waals surface area (Å²) in [5, 5.41) is 3.67. The van der Waals surface area contributed by atoms with Crippen molar-refractivity contribution in [3.63, 3.8) is 0 Å². The zero-order chi connectivity index (χ0) is 16.1. The van der Waals surface area contributed by atoms with E-state index in [0.29, 0.717) is 28.0 Å². The number of carbonyl (C=O) groups is 1. The number of oxazole rings is 1. The van der Waals surface area contributed by atoms with Gasteiger partial charge < -0.3 is 14.6 Å². The Morgan fingerprint density at radius 2 is 2.09 bits per heavy atom. The number of aromatic nitrogens is 1. The second-order valence-electron chi connectivity index (χ2n) is 5.08. The van der Waals surface area contributed by atoms with Crippen LogP contribution >= 0.6 is 23.2 Å². The highest BCUT2D eigenvalue weighted by molar-refractivity contribution is 6.42. The lowest BCUT2D eigenvalue weighted by Gasteiger charge is -2.08. The van der Waals surface area contributed by atoms with Crippen LogP contribution < -0.4 is 5.32 Å². The number of amides is 1. The number of benzene rings is 1. The highest BCUT2D eigenvalue weighted by Crippen LogP contribution is 2.28. The van der Waals surface area contributed by atoms with Crippen LogP contribution in [0.15, 0.2) is 28.9 Å². The van der Waals surface area contributed by atoms with E-state index in [1.54, 1.807) is 18.2 Å². The van der Waals surface area contributed by atoms with E-state index in [1.807, 2.05) is 14.1 Å². The van der Waals surface area contributed by atoms with Crippen LogP contribution in [0.1, 0.15) is 16.9 Å². The Kier molecular flexibility index (Phi) is 5.83. The molecule has 5 nitrogen and oxygen atoms in total. The Bertz CT molecular complexity index is 656. The fourth-order valence-electron chi connectivity index (χ4n) is 1.83. The van der Waals surface area contributed by atoms with Gasteiger partial charge in [-0.2, -0.15) is 0 Å². The Morgan fingerprint density at radius 3 is 2.77 bits per heavy atom. The molecule has 2 aromatic rings. The smallest absolute Gasteiger partial charge is 0.273 e. The second-order valence-corrected chi connectivity index (χ2v) is 5.89. The summed E-state index contributed by atoms with van der Waals surface area (Å²) in [4.78, 5) is 18.2. The molecule has 0 aliphatic rings. The molecular weight excluding hydrogens is 325 g/mol. The van der Waals surface area contributed by atoms with Crippen LogP contribution in [0.5, 0.6) is 0 Å². The van der Waals surface area contributed by atoms with Crippen LogP contribution in [0.3, 0.4) is 0 Å². The molecule has 1 aromatic carbocycles. The van der Waals surface area contributed by atoms with Crippen molar-refractivity contribution in [3.8, 4) is 11.5 Å². The molecular formula is C15H17Cl2N3O2. The summed E-state index contributed by atoms with van der Waals surface area (Å²) >= 11 is 11.8. The minimum absolute atomic E-state index is 0.242. The molecule has 0 radical (unpaired) electrons. The molecule has 0 saturated heterocycles. The minimum atomic E-state index is -0.256. The third-order valence-electron chi connectivity index (χ3n) is 2.97. The Balaban J connectivity index is 1.98. The third kappa shape index (κ3) is 4.47. The molecule has 1 heterocycles. The van der Waals surface area contributed by atoms with Gasteiger partial charge in [0.05, 0.1) is 10.0 Å². The molecule has 0 aliphatic carbocycles. The molecule has 1 N–H and O–H groups in total. The second kappa shape index (κ2) is 7.63. The van der Waals surface area contributed by atoms with Crippen molar-refractivity contribution in [1.82, 2.24) is 15.2 Å². The first-order valence-corrected chi connectivity index (χ1v) is 7.57. The molecule has 0 aliphatic heterocycles. The minimum Gasteiger partial charge on any atom is -0.444 e. The maximum Gasteiger partial charge on any atom is 0.273 e. The fraction of sp³-hybridized carbons (Fsp3) is 0.333. The molecule has 0 spiro atoms. The molecule has 0 atom stereocenters. The SMILES string of the molecule is CN(C)CCCNC(=O)c1coc(-c2ccc(Cl)c(Cl)c2)n1. The predicted octanol–water partition coefficient (Wildman–Crippen LogP) is 3.33. The maximum atomic E-state index is 12.0. The average Bonchev–Trinajstić information content (AvgIpc) is 2.96. The van der Waals surface area contributed by atoms with Crippen molar-refractivity contribution in [1.29, 1.82) is 0 Å².